The number of rotatable bonds is 1. The van der Waals surface area contributed by atoms with Crippen molar-refractivity contribution in [1.29, 1.82) is 0 Å². The molecule has 0 aromatic heterocycles. The van der Waals surface area contributed by atoms with Crippen molar-refractivity contribution in [3.05, 3.63) is 35.4 Å². The zero-order valence-corrected chi connectivity index (χ0v) is 13.0. The van der Waals surface area contributed by atoms with E-state index in [1.54, 1.807) is 7.11 Å². The zero-order chi connectivity index (χ0) is 15.1. The molecule has 116 valence electrons. The monoisotopic (exact) mass is 299 g/mol. The molecule has 4 aliphatic rings. The fourth-order valence-electron chi connectivity index (χ4n) is 5.39. The number of hydrogen-bond donors (Lipinski definition) is 1. The molecule has 4 heteroatoms. The summed E-state index contributed by atoms with van der Waals surface area (Å²) in [6.07, 6.45) is 5.54. The van der Waals surface area contributed by atoms with Gasteiger partial charge in [-0.3, -0.25) is 0 Å². The highest BCUT2D eigenvalue weighted by molar-refractivity contribution is 5.62. The lowest BCUT2D eigenvalue weighted by Crippen LogP contribution is -2.64. The summed E-state index contributed by atoms with van der Waals surface area (Å²) in [6, 6.07) is 4.70. The number of piperidine rings is 1. The lowest BCUT2D eigenvalue weighted by Gasteiger charge is -2.56. The van der Waals surface area contributed by atoms with Gasteiger partial charge in [-0.2, -0.15) is 0 Å². The van der Waals surface area contributed by atoms with Crippen molar-refractivity contribution in [3.63, 3.8) is 0 Å². The number of likely N-dealkylation sites (N-methyl/N-ethyl adjacent to an activating group) is 1. The summed E-state index contributed by atoms with van der Waals surface area (Å²) in [5.74, 6) is 2.09. The number of likely N-dealkylation sites (tertiary alicyclic amines) is 1. The van der Waals surface area contributed by atoms with Crippen molar-refractivity contribution in [2.24, 2.45) is 5.92 Å². The Morgan fingerprint density at radius 1 is 1.36 bits per heavy atom. The Labute approximate surface area is 130 Å². The molecule has 2 bridgehead atoms. The third kappa shape index (κ3) is 1.28. The van der Waals surface area contributed by atoms with Gasteiger partial charge in [-0.15, -0.1) is 0 Å². The first-order chi connectivity index (χ1) is 10.7. The second-order valence-corrected chi connectivity index (χ2v) is 7.11. The number of aliphatic hydroxyl groups is 1. The van der Waals surface area contributed by atoms with Crippen molar-refractivity contribution in [1.82, 2.24) is 4.90 Å². The summed E-state index contributed by atoms with van der Waals surface area (Å²) in [5.41, 5.74) is 2.60. The van der Waals surface area contributed by atoms with E-state index in [0.717, 1.165) is 30.9 Å². The van der Waals surface area contributed by atoms with Gasteiger partial charge in [-0.25, -0.2) is 0 Å². The van der Waals surface area contributed by atoms with Gasteiger partial charge in [-0.05, 0) is 38.1 Å². The summed E-state index contributed by atoms with van der Waals surface area (Å²) in [5, 5.41) is 10.6. The lowest BCUT2D eigenvalue weighted by atomic mass is 9.53. The van der Waals surface area contributed by atoms with Gasteiger partial charge in [0, 0.05) is 22.9 Å². The second kappa shape index (κ2) is 4.06. The van der Waals surface area contributed by atoms with Gasteiger partial charge in [-0.1, -0.05) is 18.2 Å². The Morgan fingerprint density at radius 2 is 2.23 bits per heavy atom. The fraction of sp³-hybridized carbons (Fsp3) is 0.556. The molecule has 1 spiro atoms. The average Bonchev–Trinajstić information content (AvgIpc) is 2.88. The van der Waals surface area contributed by atoms with Gasteiger partial charge in [0.1, 0.15) is 12.2 Å². The van der Waals surface area contributed by atoms with E-state index < -0.39 is 6.10 Å². The normalized spacial score (nSPS) is 41.0. The summed E-state index contributed by atoms with van der Waals surface area (Å²) in [4.78, 5) is 2.47. The Kier molecular flexibility index (Phi) is 2.39. The SMILES string of the molecule is COc1ccc2c3c1O[C@H]1[C@@H](O)C=CC4C(C2)N(C)CC[C@@]341. The number of hydrogen-bond acceptors (Lipinski definition) is 4. The molecule has 0 amide bonds. The van der Waals surface area contributed by atoms with E-state index in [1.165, 1.54) is 11.1 Å². The van der Waals surface area contributed by atoms with Crippen molar-refractivity contribution >= 4 is 0 Å². The molecule has 5 atom stereocenters. The maximum absolute atomic E-state index is 10.6. The highest BCUT2D eigenvalue weighted by Gasteiger charge is 2.64. The Balaban J connectivity index is 1.82. The minimum atomic E-state index is -0.539. The van der Waals surface area contributed by atoms with Crippen LogP contribution in [0.5, 0.6) is 11.5 Å². The number of methoxy groups -OCH3 is 1. The summed E-state index contributed by atoms with van der Waals surface area (Å²) < 4.78 is 11.8. The molecule has 2 aliphatic heterocycles. The summed E-state index contributed by atoms with van der Waals surface area (Å²) in [6.45, 7) is 1.05. The van der Waals surface area contributed by atoms with E-state index in [1.807, 2.05) is 12.1 Å². The predicted molar refractivity (Wildman–Crippen MR) is 82.5 cm³/mol. The molecule has 22 heavy (non-hydrogen) atoms. The minimum absolute atomic E-state index is 0.0806. The van der Waals surface area contributed by atoms with E-state index in [9.17, 15) is 5.11 Å². The number of benzene rings is 1. The summed E-state index contributed by atoms with van der Waals surface area (Å²) in [7, 11) is 3.91. The van der Waals surface area contributed by atoms with Gasteiger partial charge in [0.25, 0.3) is 0 Å². The van der Waals surface area contributed by atoms with Crippen LogP contribution in [0.3, 0.4) is 0 Å². The van der Waals surface area contributed by atoms with Gasteiger partial charge >= 0.3 is 0 Å². The van der Waals surface area contributed by atoms with Crippen molar-refractivity contribution in [2.45, 2.75) is 36.5 Å². The molecule has 2 unspecified atom stereocenters. The van der Waals surface area contributed by atoms with E-state index in [2.05, 4.69) is 24.1 Å². The van der Waals surface area contributed by atoms with Crippen LogP contribution >= 0.6 is 0 Å². The van der Waals surface area contributed by atoms with Crippen molar-refractivity contribution < 1.29 is 14.6 Å². The molecule has 0 saturated carbocycles. The molecule has 1 aromatic carbocycles. The average molecular weight is 299 g/mol. The second-order valence-electron chi connectivity index (χ2n) is 7.11. The summed E-state index contributed by atoms with van der Waals surface area (Å²) >= 11 is 0. The highest BCUT2D eigenvalue weighted by atomic mass is 16.5. The molecule has 1 N–H and O–H groups in total. The molecule has 2 aliphatic carbocycles. The first kappa shape index (κ1) is 13.0. The third-order valence-corrected chi connectivity index (χ3v) is 6.35. The molecule has 1 saturated heterocycles. The quantitative estimate of drug-likeness (QED) is 0.798. The van der Waals surface area contributed by atoms with Crippen LogP contribution in [0.1, 0.15) is 17.5 Å². The Bertz CT molecular complexity index is 685. The van der Waals surface area contributed by atoms with E-state index in [-0.39, 0.29) is 11.5 Å². The van der Waals surface area contributed by atoms with Crippen LogP contribution in [0.15, 0.2) is 24.3 Å². The number of nitrogens with zero attached hydrogens (tertiary/aromatic N) is 1. The molecule has 1 aromatic rings. The zero-order valence-electron chi connectivity index (χ0n) is 13.0. The van der Waals surface area contributed by atoms with Crippen LogP contribution < -0.4 is 9.47 Å². The topological polar surface area (TPSA) is 41.9 Å². The van der Waals surface area contributed by atoms with Crippen molar-refractivity contribution in [3.8, 4) is 11.5 Å². The number of aliphatic hydroxyl groups excluding tert-OH is 1. The maximum Gasteiger partial charge on any atom is 0.165 e. The largest absolute Gasteiger partial charge is 0.493 e. The third-order valence-electron chi connectivity index (χ3n) is 6.35. The van der Waals surface area contributed by atoms with E-state index in [4.69, 9.17) is 9.47 Å². The van der Waals surface area contributed by atoms with Crippen LogP contribution in [0.25, 0.3) is 0 Å². The first-order valence-corrected chi connectivity index (χ1v) is 8.10. The first-order valence-electron chi connectivity index (χ1n) is 8.10. The Morgan fingerprint density at radius 3 is 3.05 bits per heavy atom. The van der Waals surface area contributed by atoms with Crippen LogP contribution in [0.4, 0.5) is 0 Å². The van der Waals surface area contributed by atoms with Gasteiger partial charge < -0.3 is 19.5 Å². The molecule has 1 fully saturated rings. The van der Waals surface area contributed by atoms with E-state index >= 15 is 0 Å². The number of ether oxygens (including phenoxy) is 2. The molecule has 4 nitrogen and oxygen atoms in total. The van der Waals surface area contributed by atoms with Crippen LogP contribution in [-0.2, 0) is 11.8 Å². The minimum Gasteiger partial charge on any atom is -0.493 e. The van der Waals surface area contributed by atoms with Gasteiger partial charge in [0.2, 0.25) is 0 Å². The molecule has 0 radical (unpaired) electrons. The molecular formula is C18H21NO3. The maximum atomic E-state index is 10.6. The molecule has 2 heterocycles. The van der Waals surface area contributed by atoms with Crippen LogP contribution in [-0.4, -0.2) is 49.0 Å². The van der Waals surface area contributed by atoms with Crippen LogP contribution in [0, 0.1) is 5.92 Å². The van der Waals surface area contributed by atoms with Gasteiger partial charge in [0.15, 0.2) is 11.5 Å². The lowest BCUT2D eigenvalue weighted by molar-refractivity contribution is -0.0453. The smallest absolute Gasteiger partial charge is 0.165 e. The standard InChI is InChI=1S/C18H21NO3/c1-19-8-7-18-11-4-5-13(20)17(18)22-16-14(21-2)6-3-10(15(16)18)9-12(11)19/h3-6,11-13,17,20H,7-9H2,1-2H3/t11?,12?,13-,17-,18-/m0/s1. The predicted octanol–water partition coefficient (Wildman–Crippen LogP) is 1.50. The Hall–Kier alpha value is -1.52. The molecular weight excluding hydrogens is 278 g/mol. The van der Waals surface area contributed by atoms with Crippen LogP contribution in [0.2, 0.25) is 0 Å². The van der Waals surface area contributed by atoms with Crippen molar-refractivity contribution in [2.75, 3.05) is 20.7 Å². The molecule has 5 rings (SSSR count). The fourth-order valence-corrected chi connectivity index (χ4v) is 5.39. The van der Waals surface area contributed by atoms with E-state index in [0.29, 0.717) is 12.0 Å². The van der Waals surface area contributed by atoms with Gasteiger partial charge in [0.05, 0.1) is 7.11 Å². The highest BCUT2D eigenvalue weighted by Crippen LogP contribution is 2.62.